The molecule has 1 atom stereocenters. The van der Waals surface area contributed by atoms with Gasteiger partial charge in [-0.1, -0.05) is 18.2 Å². The van der Waals surface area contributed by atoms with Gasteiger partial charge in [0.1, 0.15) is 0 Å². The average molecular weight is 256 g/mol. The molecule has 94 valence electrons. The van der Waals surface area contributed by atoms with Crippen molar-refractivity contribution < 1.29 is 13.2 Å². The summed E-state index contributed by atoms with van der Waals surface area (Å²) in [6.07, 6.45) is 0. The molecule has 5 nitrogen and oxygen atoms in total. The number of hydrazine groups is 1. The molecule has 0 spiro atoms. The lowest BCUT2D eigenvalue weighted by Crippen LogP contribution is -2.53. The summed E-state index contributed by atoms with van der Waals surface area (Å²) in [6.45, 7) is 3.57. The highest BCUT2D eigenvalue weighted by Gasteiger charge is 2.24. The van der Waals surface area contributed by atoms with Gasteiger partial charge in [0.15, 0.2) is 0 Å². The first-order chi connectivity index (χ1) is 8.09. The van der Waals surface area contributed by atoms with Gasteiger partial charge in [0, 0.05) is 12.6 Å². The number of hydrogen-bond donors (Lipinski definition) is 1. The number of ether oxygens (including phenoxy) is 1. The number of morpholine rings is 1. The van der Waals surface area contributed by atoms with Crippen LogP contribution in [0.3, 0.4) is 0 Å². The Morgan fingerprint density at radius 2 is 2.06 bits per heavy atom. The summed E-state index contributed by atoms with van der Waals surface area (Å²) in [7, 11) is -3.47. The van der Waals surface area contributed by atoms with Gasteiger partial charge >= 0.3 is 0 Å². The Kier molecular flexibility index (Phi) is 3.78. The van der Waals surface area contributed by atoms with Crippen molar-refractivity contribution in [1.29, 1.82) is 0 Å². The Morgan fingerprint density at radius 1 is 1.35 bits per heavy atom. The standard InChI is InChI=1S/C11H16N2O3S/c1-10-9-16-8-7-13(10)12-17(14,15)11-5-3-2-4-6-11/h2-6,10,12H,7-9H2,1H3. The van der Waals surface area contributed by atoms with E-state index in [1.54, 1.807) is 35.3 Å². The maximum atomic E-state index is 12.1. The molecular formula is C11H16N2O3S. The van der Waals surface area contributed by atoms with Crippen molar-refractivity contribution in [3.05, 3.63) is 30.3 Å². The van der Waals surface area contributed by atoms with Crippen molar-refractivity contribution in [3.63, 3.8) is 0 Å². The van der Waals surface area contributed by atoms with Crippen molar-refractivity contribution in [2.75, 3.05) is 19.8 Å². The van der Waals surface area contributed by atoms with Crippen molar-refractivity contribution in [3.8, 4) is 0 Å². The molecule has 0 radical (unpaired) electrons. The lowest BCUT2D eigenvalue weighted by atomic mass is 10.3. The van der Waals surface area contributed by atoms with Crippen LogP contribution >= 0.6 is 0 Å². The van der Waals surface area contributed by atoms with E-state index in [2.05, 4.69) is 4.83 Å². The number of rotatable bonds is 3. The molecule has 1 aromatic rings. The molecule has 1 aliphatic heterocycles. The molecule has 1 aliphatic rings. The van der Waals surface area contributed by atoms with Crippen LogP contribution in [0, 0.1) is 0 Å². The van der Waals surface area contributed by atoms with E-state index >= 15 is 0 Å². The molecule has 1 fully saturated rings. The fourth-order valence-corrected chi connectivity index (χ4v) is 2.87. The van der Waals surface area contributed by atoms with Crippen molar-refractivity contribution >= 4 is 10.0 Å². The van der Waals surface area contributed by atoms with E-state index in [1.807, 2.05) is 6.92 Å². The highest BCUT2D eigenvalue weighted by atomic mass is 32.2. The Bertz CT molecular complexity index is 461. The molecule has 6 heteroatoms. The van der Waals surface area contributed by atoms with Crippen LogP contribution in [0.5, 0.6) is 0 Å². The van der Waals surface area contributed by atoms with Crippen LogP contribution in [0.25, 0.3) is 0 Å². The predicted molar refractivity (Wildman–Crippen MR) is 63.8 cm³/mol. The summed E-state index contributed by atoms with van der Waals surface area (Å²) in [6, 6.07) is 8.40. The molecule has 0 aromatic heterocycles. The van der Waals surface area contributed by atoms with E-state index in [-0.39, 0.29) is 10.9 Å². The number of sulfonamides is 1. The second-order valence-electron chi connectivity index (χ2n) is 4.03. The zero-order chi connectivity index (χ0) is 12.3. The van der Waals surface area contributed by atoms with Gasteiger partial charge in [-0.25, -0.2) is 13.4 Å². The molecular weight excluding hydrogens is 240 g/mol. The Balaban J connectivity index is 2.12. The topological polar surface area (TPSA) is 58.6 Å². The van der Waals surface area contributed by atoms with Gasteiger partial charge in [0.2, 0.25) is 0 Å². The highest BCUT2D eigenvalue weighted by molar-refractivity contribution is 7.89. The molecule has 1 aromatic carbocycles. The number of hydrogen-bond acceptors (Lipinski definition) is 4. The third kappa shape index (κ3) is 3.04. The second-order valence-corrected chi connectivity index (χ2v) is 5.69. The summed E-state index contributed by atoms with van der Waals surface area (Å²) in [5.41, 5.74) is 0. The molecule has 0 saturated carbocycles. The van der Waals surface area contributed by atoms with E-state index < -0.39 is 10.0 Å². The van der Waals surface area contributed by atoms with Crippen LogP contribution in [0.2, 0.25) is 0 Å². The molecule has 0 bridgehead atoms. The number of benzene rings is 1. The van der Waals surface area contributed by atoms with Gasteiger partial charge in [-0.05, 0) is 19.1 Å². The Labute approximate surface area is 101 Å². The normalized spacial score (nSPS) is 22.5. The highest BCUT2D eigenvalue weighted by Crippen LogP contribution is 2.10. The molecule has 1 heterocycles. The lowest BCUT2D eigenvalue weighted by molar-refractivity contribution is -0.0118. The summed E-state index contributed by atoms with van der Waals surface area (Å²) in [4.78, 5) is 2.86. The molecule has 0 amide bonds. The maximum Gasteiger partial charge on any atom is 0.253 e. The average Bonchev–Trinajstić information content (AvgIpc) is 2.33. The zero-order valence-electron chi connectivity index (χ0n) is 9.67. The molecule has 1 saturated heterocycles. The van der Waals surface area contributed by atoms with E-state index in [9.17, 15) is 8.42 Å². The fourth-order valence-electron chi connectivity index (χ4n) is 1.67. The van der Waals surface area contributed by atoms with Crippen molar-refractivity contribution in [1.82, 2.24) is 9.84 Å². The van der Waals surface area contributed by atoms with Crippen LogP contribution in [0.4, 0.5) is 0 Å². The van der Waals surface area contributed by atoms with Gasteiger partial charge in [-0.2, -0.15) is 0 Å². The van der Waals surface area contributed by atoms with E-state index in [0.29, 0.717) is 19.8 Å². The van der Waals surface area contributed by atoms with Crippen LogP contribution in [-0.4, -0.2) is 39.2 Å². The van der Waals surface area contributed by atoms with Crippen molar-refractivity contribution in [2.45, 2.75) is 17.9 Å². The Hall–Kier alpha value is -0.950. The van der Waals surface area contributed by atoms with Crippen LogP contribution in [0.1, 0.15) is 6.92 Å². The minimum absolute atomic E-state index is 0.0437. The lowest BCUT2D eigenvalue weighted by Gasteiger charge is -2.32. The van der Waals surface area contributed by atoms with Gasteiger partial charge in [0.25, 0.3) is 10.0 Å². The number of nitrogens with zero attached hydrogens (tertiary/aromatic N) is 1. The maximum absolute atomic E-state index is 12.1. The molecule has 1 N–H and O–H groups in total. The Morgan fingerprint density at radius 3 is 2.71 bits per heavy atom. The van der Waals surface area contributed by atoms with Crippen molar-refractivity contribution in [2.24, 2.45) is 0 Å². The third-order valence-corrected chi connectivity index (χ3v) is 4.03. The summed E-state index contributed by atoms with van der Waals surface area (Å²) < 4.78 is 29.4. The van der Waals surface area contributed by atoms with Crippen LogP contribution in [0.15, 0.2) is 35.2 Å². The largest absolute Gasteiger partial charge is 0.378 e. The summed E-state index contributed by atoms with van der Waals surface area (Å²) >= 11 is 0. The van der Waals surface area contributed by atoms with E-state index in [1.165, 1.54) is 0 Å². The van der Waals surface area contributed by atoms with Gasteiger partial charge in [-0.15, -0.1) is 4.83 Å². The molecule has 2 rings (SSSR count). The smallest absolute Gasteiger partial charge is 0.253 e. The van der Waals surface area contributed by atoms with Gasteiger partial charge in [0.05, 0.1) is 18.1 Å². The SMILES string of the molecule is CC1COCCN1NS(=O)(=O)c1ccccc1. The molecule has 1 unspecified atom stereocenters. The monoisotopic (exact) mass is 256 g/mol. The number of nitrogens with one attached hydrogen (secondary N) is 1. The van der Waals surface area contributed by atoms with Crippen LogP contribution in [-0.2, 0) is 14.8 Å². The second kappa shape index (κ2) is 5.14. The van der Waals surface area contributed by atoms with E-state index in [4.69, 9.17) is 4.74 Å². The fraction of sp³-hybridized carbons (Fsp3) is 0.455. The first-order valence-corrected chi connectivity index (χ1v) is 7.00. The summed E-state index contributed by atoms with van der Waals surface area (Å²) in [5.74, 6) is 0. The van der Waals surface area contributed by atoms with Crippen LogP contribution < -0.4 is 4.83 Å². The van der Waals surface area contributed by atoms with Gasteiger partial charge < -0.3 is 4.74 Å². The van der Waals surface area contributed by atoms with E-state index in [0.717, 1.165) is 0 Å². The quantitative estimate of drug-likeness (QED) is 0.860. The third-order valence-electron chi connectivity index (χ3n) is 2.66. The first-order valence-electron chi connectivity index (χ1n) is 5.51. The molecule has 0 aliphatic carbocycles. The summed E-state index contributed by atoms with van der Waals surface area (Å²) in [5, 5.41) is 1.70. The minimum Gasteiger partial charge on any atom is -0.378 e. The predicted octanol–water partition coefficient (Wildman–Crippen LogP) is 0.601. The zero-order valence-corrected chi connectivity index (χ0v) is 10.5. The van der Waals surface area contributed by atoms with Gasteiger partial charge in [-0.3, -0.25) is 0 Å². The molecule has 17 heavy (non-hydrogen) atoms. The first kappa shape index (κ1) is 12.5. The minimum atomic E-state index is -3.47.